The first-order valence-electron chi connectivity index (χ1n) is 11.0. The van der Waals surface area contributed by atoms with Crippen molar-refractivity contribution in [1.82, 2.24) is 0 Å². The minimum absolute atomic E-state index is 0.0329. The van der Waals surface area contributed by atoms with Crippen LogP contribution in [0.3, 0.4) is 0 Å². The van der Waals surface area contributed by atoms with Crippen LogP contribution in [0.5, 0.6) is 5.75 Å². The third-order valence-electron chi connectivity index (χ3n) is 6.30. The van der Waals surface area contributed by atoms with E-state index in [1.165, 1.54) is 30.3 Å². The fourth-order valence-electron chi connectivity index (χ4n) is 4.36. The van der Waals surface area contributed by atoms with Gasteiger partial charge in [0.2, 0.25) is 5.82 Å². The molecule has 33 heavy (non-hydrogen) atoms. The lowest BCUT2D eigenvalue weighted by Gasteiger charge is -2.22. The Bertz CT molecular complexity index is 1210. The highest BCUT2D eigenvalue weighted by molar-refractivity contribution is 5.74. The van der Waals surface area contributed by atoms with Crippen molar-refractivity contribution in [3.05, 3.63) is 96.1 Å². The summed E-state index contributed by atoms with van der Waals surface area (Å²) in [5, 5.41) is 9.28. The van der Waals surface area contributed by atoms with Crippen LogP contribution in [0.4, 0.5) is 17.6 Å². The first-order valence-corrected chi connectivity index (χ1v) is 11.0. The maximum atomic E-state index is 15.0. The monoisotopic (exact) mass is 452 g/mol. The van der Waals surface area contributed by atoms with Gasteiger partial charge in [-0.25, -0.2) is 13.2 Å². The van der Waals surface area contributed by atoms with E-state index >= 15 is 0 Å². The van der Waals surface area contributed by atoms with Crippen molar-refractivity contribution >= 4 is 5.57 Å². The second-order valence-electron chi connectivity index (χ2n) is 8.36. The number of phenolic OH excluding ortho intramolecular Hbond substituents is 1. The zero-order valence-electron chi connectivity index (χ0n) is 18.1. The second kappa shape index (κ2) is 9.65. The average Bonchev–Trinajstić information content (AvgIpc) is 2.84. The first-order chi connectivity index (χ1) is 15.9. The van der Waals surface area contributed by atoms with Crippen molar-refractivity contribution in [3.8, 4) is 28.0 Å². The normalized spacial score (nSPS) is 15.9. The quantitative estimate of drug-likeness (QED) is 0.294. The molecule has 0 saturated carbocycles. The number of phenols is 1. The molecule has 0 heterocycles. The van der Waals surface area contributed by atoms with E-state index in [4.69, 9.17) is 0 Å². The van der Waals surface area contributed by atoms with Gasteiger partial charge in [0.05, 0.1) is 0 Å². The van der Waals surface area contributed by atoms with Crippen LogP contribution in [0, 0.1) is 29.2 Å². The Balaban J connectivity index is 1.58. The van der Waals surface area contributed by atoms with E-state index in [2.05, 4.69) is 6.58 Å². The molecule has 0 aliphatic heterocycles. The Kier molecular flexibility index (Phi) is 6.68. The van der Waals surface area contributed by atoms with Crippen molar-refractivity contribution in [2.75, 3.05) is 0 Å². The average molecular weight is 452 g/mol. The van der Waals surface area contributed by atoms with E-state index in [0.717, 1.165) is 37.3 Å². The van der Waals surface area contributed by atoms with Crippen molar-refractivity contribution in [2.24, 2.45) is 5.92 Å². The number of rotatable bonds is 6. The molecule has 1 nitrogen and oxygen atoms in total. The molecule has 1 aliphatic rings. The number of hydrogen-bond acceptors (Lipinski definition) is 1. The van der Waals surface area contributed by atoms with Crippen LogP contribution in [-0.2, 0) is 0 Å². The van der Waals surface area contributed by atoms with E-state index in [-0.39, 0.29) is 16.7 Å². The van der Waals surface area contributed by atoms with Crippen LogP contribution >= 0.6 is 0 Å². The molecular weight excluding hydrogens is 428 g/mol. The van der Waals surface area contributed by atoms with Crippen LogP contribution in [0.15, 0.2) is 67.3 Å². The molecule has 0 amide bonds. The minimum atomic E-state index is -1.33. The molecule has 3 aromatic rings. The Morgan fingerprint density at radius 2 is 1.33 bits per heavy atom. The van der Waals surface area contributed by atoms with Crippen LogP contribution in [0.25, 0.3) is 27.8 Å². The van der Waals surface area contributed by atoms with Crippen molar-refractivity contribution < 1.29 is 22.7 Å². The van der Waals surface area contributed by atoms with Gasteiger partial charge in [0.15, 0.2) is 23.2 Å². The zero-order chi connectivity index (χ0) is 23.5. The van der Waals surface area contributed by atoms with E-state index in [1.54, 1.807) is 12.1 Å². The summed E-state index contributed by atoms with van der Waals surface area (Å²) < 4.78 is 57.8. The van der Waals surface area contributed by atoms with E-state index in [1.807, 2.05) is 12.2 Å². The highest BCUT2D eigenvalue weighted by atomic mass is 19.2. The van der Waals surface area contributed by atoms with Gasteiger partial charge >= 0.3 is 0 Å². The Hall–Kier alpha value is -3.34. The van der Waals surface area contributed by atoms with Gasteiger partial charge in [0.25, 0.3) is 0 Å². The number of allylic oxidation sites excluding steroid dienone is 3. The largest absolute Gasteiger partial charge is 0.505 e. The summed E-state index contributed by atoms with van der Waals surface area (Å²) in [6, 6.07) is 11.5. The van der Waals surface area contributed by atoms with Gasteiger partial charge in [0.1, 0.15) is 0 Å². The van der Waals surface area contributed by atoms with Crippen molar-refractivity contribution in [3.63, 3.8) is 0 Å². The zero-order valence-corrected chi connectivity index (χ0v) is 18.1. The molecule has 0 spiro atoms. The maximum Gasteiger partial charge on any atom is 0.200 e. The highest BCUT2D eigenvalue weighted by Crippen LogP contribution is 2.37. The van der Waals surface area contributed by atoms with E-state index in [9.17, 15) is 22.7 Å². The maximum absolute atomic E-state index is 15.0. The van der Waals surface area contributed by atoms with Crippen LogP contribution < -0.4 is 0 Å². The fourth-order valence-corrected chi connectivity index (χ4v) is 4.36. The standard InChI is InChI=1S/C28H24F4O/c1-2-3-4-17-5-7-18(8-6-17)21-13-14-22(26(30)25(21)29)19-9-11-20(12-10-19)23-15-16-24(33)28(32)27(23)31/h2,7,9-17,33H,1,3-6,8H2. The molecule has 0 saturated heterocycles. The number of aromatic hydroxyl groups is 1. The van der Waals surface area contributed by atoms with Crippen LogP contribution in [-0.4, -0.2) is 5.11 Å². The first kappa shape index (κ1) is 22.8. The molecular formula is C28H24F4O. The lowest BCUT2D eigenvalue weighted by molar-refractivity contribution is 0.408. The summed E-state index contributed by atoms with van der Waals surface area (Å²) >= 11 is 0. The Morgan fingerprint density at radius 3 is 1.91 bits per heavy atom. The predicted molar refractivity (Wildman–Crippen MR) is 124 cm³/mol. The minimum Gasteiger partial charge on any atom is -0.505 e. The summed E-state index contributed by atoms with van der Waals surface area (Å²) in [4.78, 5) is 0. The summed E-state index contributed by atoms with van der Waals surface area (Å²) in [7, 11) is 0. The van der Waals surface area contributed by atoms with Gasteiger partial charge in [-0.1, -0.05) is 48.6 Å². The third-order valence-corrected chi connectivity index (χ3v) is 6.30. The van der Waals surface area contributed by atoms with Crippen molar-refractivity contribution in [2.45, 2.75) is 32.1 Å². The second-order valence-corrected chi connectivity index (χ2v) is 8.36. The summed E-state index contributed by atoms with van der Waals surface area (Å²) in [6.45, 7) is 3.75. The molecule has 4 rings (SSSR count). The highest BCUT2D eigenvalue weighted by Gasteiger charge is 2.21. The molecule has 0 bridgehead atoms. The fraction of sp³-hybridized carbons (Fsp3) is 0.214. The van der Waals surface area contributed by atoms with Gasteiger partial charge < -0.3 is 5.11 Å². The van der Waals surface area contributed by atoms with Gasteiger partial charge in [-0.15, -0.1) is 6.58 Å². The molecule has 5 heteroatoms. The van der Waals surface area contributed by atoms with Gasteiger partial charge in [-0.2, -0.15) is 4.39 Å². The molecule has 1 unspecified atom stereocenters. The molecule has 0 aromatic heterocycles. The SMILES string of the molecule is C=CCCC1CC=C(c2ccc(-c3ccc(-c4ccc(O)c(F)c4F)cc3)c(F)c2F)CC1. The Labute approximate surface area is 190 Å². The Morgan fingerprint density at radius 1 is 0.788 bits per heavy atom. The van der Waals surface area contributed by atoms with Crippen LogP contribution in [0.2, 0.25) is 0 Å². The predicted octanol–water partition coefficient (Wildman–Crippen LogP) is 8.43. The van der Waals surface area contributed by atoms with E-state index in [0.29, 0.717) is 23.5 Å². The molecule has 1 aliphatic carbocycles. The molecule has 1 N–H and O–H groups in total. The lowest BCUT2D eigenvalue weighted by Crippen LogP contribution is -2.07. The molecule has 3 aromatic carbocycles. The summed E-state index contributed by atoms with van der Waals surface area (Å²) in [5.74, 6) is -4.54. The molecule has 170 valence electrons. The topological polar surface area (TPSA) is 20.2 Å². The van der Waals surface area contributed by atoms with Gasteiger partial charge in [-0.05, 0) is 66.9 Å². The molecule has 1 atom stereocenters. The molecule has 0 radical (unpaired) electrons. The third kappa shape index (κ3) is 4.58. The van der Waals surface area contributed by atoms with Gasteiger partial charge in [0, 0.05) is 16.7 Å². The number of halogens is 4. The number of hydrogen-bond donors (Lipinski definition) is 1. The van der Waals surface area contributed by atoms with Gasteiger partial charge in [-0.3, -0.25) is 0 Å². The van der Waals surface area contributed by atoms with E-state index < -0.39 is 29.0 Å². The van der Waals surface area contributed by atoms with Crippen molar-refractivity contribution in [1.29, 1.82) is 0 Å². The molecule has 0 fully saturated rings. The lowest BCUT2D eigenvalue weighted by atomic mass is 9.83. The summed E-state index contributed by atoms with van der Waals surface area (Å²) in [5.41, 5.74) is 1.95. The van der Waals surface area contributed by atoms with Crippen LogP contribution in [0.1, 0.15) is 37.7 Å². The number of benzene rings is 3. The summed E-state index contributed by atoms with van der Waals surface area (Å²) in [6.07, 6.45) is 8.42. The smallest absolute Gasteiger partial charge is 0.200 e.